The van der Waals surface area contributed by atoms with Crippen molar-refractivity contribution in [3.8, 4) is 0 Å². The summed E-state index contributed by atoms with van der Waals surface area (Å²) in [7, 11) is 0. The molecule has 0 unspecified atom stereocenters. The van der Waals surface area contributed by atoms with Crippen molar-refractivity contribution >= 4 is 17.5 Å². The Balaban J connectivity index is 1.77. The van der Waals surface area contributed by atoms with Gasteiger partial charge in [-0.05, 0) is 57.2 Å². The summed E-state index contributed by atoms with van der Waals surface area (Å²) in [4.78, 5) is 24.1. The first-order chi connectivity index (χ1) is 13.7. The number of nitrogens with one attached hydrogen (secondary N) is 3. The molecule has 0 atom stereocenters. The summed E-state index contributed by atoms with van der Waals surface area (Å²) in [6.45, 7) is 13.3. The van der Waals surface area contributed by atoms with E-state index in [1.54, 1.807) is 0 Å². The lowest BCUT2D eigenvalue weighted by Crippen LogP contribution is -2.44. The van der Waals surface area contributed by atoms with E-state index in [4.69, 9.17) is 0 Å². The highest BCUT2D eigenvalue weighted by atomic mass is 16.2. The normalized spacial score (nSPS) is 10.9. The molecule has 1 aromatic carbocycles. The van der Waals surface area contributed by atoms with E-state index in [1.807, 2.05) is 44.5 Å². The number of hydrogen-bond donors (Lipinski definition) is 3. The Morgan fingerprint density at radius 3 is 2.41 bits per heavy atom. The topological polar surface area (TPSA) is 88.1 Å². The van der Waals surface area contributed by atoms with Gasteiger partial charge in [-0.3, -0.25) is 25.1 Å². The van der Waals surface area contributed by atoms with Crippen molar-refractivity contribution < 1.29 is 9.59 Å². The Kier molecular flexibility index (Phi) is 7.82. The Labute approximate surface area is 173 Å². The smallest absolute Gasteiger partial charge is 0.257 e. The summed E-state index contributed by atoms with van der Waals surface area (Å²) in [5, 5.41) is 7.66. The van der Waals surface area contributed by atoms with E-state index in [9.17, 15) is 9.59 Å². The number of hydrogen-bond acceptors (Lipinski definition) is 4. The molecule has 0 aliphatic rings. The summed E-state index contributed by atoms with van der Waals surface area (Å²) in [6, 6.07) is 5.98. The van der Waals surface area contributed by atoms with Crippen LogP contribution < -0.4 is 16.2 Å². The van der Waals surface area contributed by atoms with Crippen LogP contribution in [0.4, 0.5) is 5.69 Å². The molecule has 0 radical (unpaired) electrons. The number of carbonyl (C=O) groups excluding carboxylic acids is 2. The molecule has 7 heteroatoms. The summed E-state index contributed by atoms with van der Waals surface area (Å²) in [6.07, 6.45) is 0.887. The van der Waals surface area contributed by atoms with E-state index >= 15 is 0 Å². The second-order valence-corrected chi connectivity index (χ2v) is 7.99. The lowest BCUT2D eigenvalue weighted by molar-refractivity contribution is -0.128. The summed E-state index contributed by atoms with van der Waals surface area (Å²) < 4.78 is 2.01. The molecule has 0 saturated carbocycles. The van der Waals surface area contributed by atoms with Crippen LogP contribution in [0.15, 0.2) is 18.2 Å². The predicted octanol–water partition coefficient (Wildman–Crippen LogP) is 2.96. The summed E-state index contributed by atoms with van der Waals surface area (Å²) in [5.41, 5.74) is 11.3. The zero-order valence-electron chi connectivity index (χ0n) is 18.3. The number of amides is 2. The Morgan fingerprint density at radius 1 is 1.07 bits per heavy atom. The molecule has 2 amide bonds. The van der Waals surface area contributed by atoms with E-state index < -0.39 is 0 Å². The van der Waals surface area contributed by atoms with Crippen LogP contribution in [0.5, 0.6) is 0 Å². The third-order valence-electron chi connectivity index (χ3n) is 4.83. The van der Waals surface area contributed by atoms with Gasteiger partial charge in [0, 0.05) is 24.3 Å². The molecule has 0 bridgehead atoms. The largest absolute Gasteiger partial charge is 0.376 e. The molecule has 2 rings (SSSR count). The van der Waals surface area contributed by atoms with Crippen LogP contribution >= 0.6 is 0 Å². The first kappa shape index (κ1) is 22.5. The lowest BCUT2D eigenvalue weighted by atomic mass is 10.1. The van der Waals surface area contributed by atoms with E-state index in [-0.39, 0.29) is 18.4 Å². The SMILES string of the molecule is Cc1ccc(NCC(=O)NNC(=O)CCc2c(C)nn(CC(C)C)c2C)c(C)c1. The Morgan fingerprint density at radius 2 is 1.76 bits per heavy atom. The molecule has 1 aromatic heterocycles. The van der Waals surface area contributed by atoms with E-state index in [0.717, 1.165) is 34.7 Å². The molecule has 0 aliphatic carbocycles. The van der Waals surface area contributed by atoms with Crippen molar-refractivity contribution in [2.75, 3.05) is 11.9 Å². The van der Waals surface area contributed by atoms with Gasteiger partial charge in [0.25, 0.3) is 5.91 Å². The van der Waals surface area contributed by atoms with Crippen LogP contribution in [0.3, 0.4) is 0 Å². The molecule has 0 saturated heterocycles. The van der Waals surface area contributed by atoms with Gasteiger partial charge in [-0.1, -0.05) is 31.5 Å². The van der Waals surface area contributed by atoms with E-state index in [2.05, 4.69) is 41.2 Å². The third kappa shape index (κ3) is 6.62. The van der Waals surface area contributed by atoms with Gasteiger partial charge in [-0.25, -0.2) is 0 Å². The molecule has 2 aromatic rings. The maximum absolute atomic E-state index is 12.1. The molecule has 7 nitrogen and oxygen atoms in total. The molecule has 0 aliphatic heterocycles. The van der Waals surface area contributed by atoms with Crippen molar-refractivity contribution in [1.29, 1.82) is 0 Å². The number of rotatable bonds is 8. The average Bonchev–Trinajstić information content (AvgIpc) is 2.90. The highest BCUT2D eigenvalue weighted by Crippen LogP contribution is 2.17. The summed E-state index contributed by atoms with van der Waals surface area (Å²) in [5.74, 6) is -0.00705. The van der Waals surface area contributed by atoms with Gasteiger partial charge in [0.1, 0.15) is 0 Å². The van der Waals surface area contributed by atoms with Gasteiger partial charge in [-0.15, -0.1) is 0 Å². The zero-order chi connectivity index (χ0) is 21.6. The molecular weight excluding hydrogens is 366 g/mol. The first-order valence-electron chi connectivity index (χ1n) is 10.1. The van der Waals surface area contributed by atoms with Gasteiger partial charge in [0.15, 0.2) is 0 Å². The van der Waals surface area contributed by atoms with Gasteiger partial charge >= 0.3 is 0 Å². The number of carbonyl (C=O) groups is 2. The van der Waals surface area contributed by atoms with Crippen molar-refractivity contribution in [1.82, 2.24) is 20.6 Å². The van der Waals surface area contributed by atoms with Gasteiger partial charge < -0.3 is 5.32 Å². The molecule has 29 heavy (non-hydrogen) atoms. The van der Waals surface area contributed by atoms with Crippen LogP contribution in [0.2, 0.25) is 0 Å². The van der Waals surface area contributed by atoms with Crippen molar-refractivity contribution in [3.63, 3.8) is 0 Å². The Bertz CT molecular complexity index is 870. The van der Waals surface area contributed by atoms with Crippen LogP contribution in [-0.4, -0.2) is 28.1 Å². The maximum Gasteiger partial charge on any atom is 0.257 e. The maximum atomic E-state index is 12.1. The van der Waals surface area contributed by atoms with Crippen LogP contribution in [0.1, 0.15) is 48.3 Å². The minimum Gasteiger partial charge on any atom is -0.376 e. The van der Waals surface area contributed by atoms with E-state index in [1.165, 1.54) is 5.56 Å². The number of benzene rings is 1. The fourth-order valence-corrected chi connectivity index (χ4v) is 3.29. The lowest BCUT2D eigenvalue weighted by Gasteiger charge is -2.11. The van der Waals surface area contributed by atoms with Crippen LogP contribution in [-0.2, 0) is 22.6 Å². The predicted molar refractivity (Wildman–Crippen MR) is 116 cm³/mol. The molecule has 0 fully saturated rings. The van der Waals surface area contributed by atoms with Crippen LogP contribution in [0, 0.1) is 33.6 Å². The van der Waals surface area contributed by atoms with Gasteiger partial charge in [0.05, 0.1) is 12.2 Å². The Hall–Kier alpha value is -2.83. The van der Waals surface area contributed by atoms with Crippen LogP contribution in [0.25, 0.3) is 0 Å². The fourth-order valence-electron chi connectivity index (χ4n) is 3.29. The molecule has 158 valence electrons. The highest BCUT2D eigenvalue weighted by Gasteiger charge is 2.14. The first-order valence-corrected chi connectivity index (χ1v) is 10.1. The summed E-state index contributed by atoms with van der Waals surface area (Å²) >= 11 is 0. The van der Waals surface area contributed by atoms with Crippen molar-refractivity contribution in [2.45, 2.75) is 60.9 Å². The minimum atomic E-state index is -0.296. The quantitative estimate of drug-likeness (QED) is 0.596. The molecule has 3 N–H and O–H groups in total. The fraction of sp³-hybridized carbons (Fsp3) is 0.500. The van der Waals surface area contributed by atoms with Crippen molar-refractivity contribution in [2.24, 2.45) is 5.92 Å². The minimum absolute atomic E-state index is 0.0877. The zero-order valence-corrected chi connectivity index (χ0v) is 18.3. The molecule has 0 spiro atoms. The number of aromatic nitrogens is 2. The highest BCUT2D eigenvalue weighted by molar-refractivity contribution is 5.84. The number of aryl methyl sites for hydroxylation is 3. The van der Waals surface area contributed by atoms with Gasteiger partial charge in [0.2, 0.25) is 5.91 Å². The number of nitrogens with zero attached hydrogens (tertiary/aromatic N) is 2. The second-order valence-electron chi connectivity index (χ2n) is 7.99. The monoisotopic (exact) mass is 399 g/mol. The average molecular weight is 400 g/mol. The second kappa shape index (κ2) is 10.1. The standard InChI is InChI=1S/C22H33N5O2/c1-14(2)13-27-18(6)19(17(5)26-27)8-10-21(28)24-25-22(29)12-23-20-9-7-15(3)11-16(20)4/h7,9,11,14,23H,8,10,12-13H2,1-6H3,(H,24,28)(H,25,29). The molecule has 1 heterocycles. The van der Waals surface area contributed by atoms with E-state index in [0.29, 0.717) is 18.8 Å². The molecular formula is C22H33N5O2. The van der Waals surface area contributed by atoms with Crippen molar-refractivity contribution in [3.05, 3.63) is 46.3 Å². The number of hydrazine groups is 1. The third-order valence-corrected chi connectivity index (χ3v) is 4.83. The van der Waals surface area contributed by atoms with Gasteiger partial charge in [-0.2, -0.15) is 5.10 Å². The number of anilines is 1.